The summed E-state index contributed by atoms with van der Waals surface area (Å²) in [6.07, 6.45) is 4.45. The third-order valence-corrected chi connectivity index (χ3v) is 7.19. The lowest BCUT2D eigenvalue weighted by atomic mass is 9.99. The molecular weight excluding hydrogens is 481 g/mol. The van der Waals surface area contributed by atoms with E-state index in [0.717, 1.165) is 45.7 Å². The number of halogens is 1. The molecule has 7 aromatic rings. The first-order valence-electron chi connectivity index (χ1n) is 13.0. The Hall–Kier alpha value is -5.09. The third-order valence-electron chi connectivity index (χ3n) is 7.19. The fourth-order valence-electron chi connectivity index (χ4n) is 5.35. The number of pyridine rings is 2. The molecular formula is C35H24FN3. The Morgan fingerprint density at radius 2 is 1.36 bits per heavy atom. The van der Waals surface area contributed by atoms with Crippen LogP contribution in [0.2, 0.25) is 0 Å². The van der Waals surface area contributed by atoms with Gasteiger partial charge in [-0.2, -0.15) is 0 Å². The van der Waals surface area contributed by atoms with Crippen molar-refractivity contribution in [2.45, 2.75) is 6.42 Å². The standard InChI is InChI=1S/C35H24FN3/c36-29-14-12-26(13-15-29)27-17-19-37-32(23-27)28-7-5-6-24(21-28)20-25-11-16-31-30-8-1-2-9-33(30)39(34(31)22-25)35-10-3-4-18-38-35/h1-19,21-23H,20H2. The topological polar surface area (TPSA) is 30.7 Å². The largest absolute Gasteiger partial charge is 0.294 e. The molecule has 0 amide bonds. The van der Waals surface area contributed by atoms with E-state index in [2.05, 4.69) is 93.4 Å². The van der Waals surface area contributed by atoms with Crippen LogP contribution in [0, 0.1) is 5.82 Å². The minimum absolute atomic E-state index is 0.237. The minimum atomic E-state index is -0.237. The van der Waals surface area contributed by atoms with Crippen LogP contribution in [0.4, 0.5) is 4.39 Å². The Kier molecular flexibility index (Phi) is 5.71. The highest BCUT2D eigenvalue weighted by molar-refractivity contribution is 6.09. The zero-order valence-corrected chi connectivity index (χ0v) is 21.1. The SMILES string of the molecule is Fc1ccc(-c2ccnc(-c3cccc(Cc4ccc5c6ccccc6n(-c6ccccn6)c5c4)c3)c2)cc1. The van der Waals surface area contributed by atoms with E-state index >= 15 is 0 Å². The number of nitrogens with zero attached hydrogens (tertiary/aromatic N) is 3. The Labute approximate surface area is 225 Å². The molecule has 4 aromatic carbocycles. The molecule has 0 unspecified atom stereocenters. The Bertz CT molecular complexity index is 1940. The second-order valence-electron chi connectivity index (χ2n) is 9.71. The molecule has 0 aliphatic heterocycles. The van der Waals surface area contributed by atoms with Crippen LogP contribution in [-0.2, 0) is 6.42 Å². The van der Waals surface area contributed by atoms with Gasteiger partial charge in [0, 0.05) is 28.7 Å². The number of hydrogen-bond acceptors (Lipinski definition) is 2. The van der Waals surface area contributed by atoms with E-state index in [-0.39, 0.29) is 5.82 Å². The lowest BCUT2D eigenvalue weighted by Crippen LogP contribution is -1.97. The molecule has 0 bridgehead atoms. The summed E-state index contributed by atoms with van der Waals surface area (Å²) in [6.45, 7) is 0. The van der Waals surface area contributed by atoms with Gasteiger partial charge in [-0.25, -0.2) is 9.37 Å². The molecule has 3 aromatic heterocycles. The molecule has 3 nitrogen and oxygen atoms in total. The van der Waals surface area contributed by atoms with Crippen molar-refractivity contribution in [2.75, 3.05) is 0 Å². The first-order valence-corrected chi connectivity index (χ1v) is 13.0. The molecule has 0 spiro atoms. The summed E-state index contributed by atoms with van der Waals surface area (Å²) < 4.78 is 15.6. The fraction of sp³-hybridized carbons (Fsp3) is 0.0286. The lowest BCUT2D eigenvalue weighted by molar-refractivity contribution is 0.628. The van der Waals surface area contributed by atoms with E-state index in [4.69, 9.17) is 0 Å². The molecule has 3 heterocycles. The van der Waals surface area contributed by atoms with Gasteiger partial charge in [0.2, 0.25) is 0 Å². The van der Waals surface area contributed by atoms with Crippen LogP contribution in [0.5, 0.6) is 0 Å². The molecule has 0 saturated heterocycles. The highest BCUT2D eigenvalue weighted by Gasteiger charge is 2.13. The molecule has 0 fully saturated rings. The van der Waals surface area contributed by atoms with Crippen LogP contribution in [-0.4, -0.2) is 14.5 Å². The molecule has 0 aliphatic carbocycles. The van der Waals surface area contributed by atoms with Gasteiger partial charge in [0.15, 0.2) is 0 Å². The highest BCUT2D eigenvalue weighted by Crippen LogP contribution is 2.33. The van der Waals surface area contributed by atoms with Crippen molar-refractivity contribution < 1.29 is 4.39 Å². The summed E-state index contributed by atoms with van der Waals surface area (Å²) >= 11 is 0. The second kappa shape index (κ2) is 9.66. The minimum Gasteiger partial charge on any atom is -0.294 e. The van der Waals surface area contributed by atoms with Gasteiger partial charge >= 0.3 is 0 Å². The number of rotatable bonds is 5. The van der Waals surface area contributed by atoms with Gasteiger partial charge in [0.1, 0.15) is 11.6 Å². The average Bonchev–Trinajstić information content (AvgIpc) is 3.32. The van der Waals surface area contributed by atoms with Crippen molar-refractivity contribution >= 4 is 21.8 Å². The molecule has 4 heteroatoms. The lowest BCUT2D eigenvalue weighted by Gasteiger charge is -2.09. The normalized spacial score (nSPS) is 11.3. The van der Waals surface area contributed by atoms with Crippen LogP contribution >= 0.6 is 0 Å². The van der Waals surface area contributed by atoms with Gasteiger partial charge in [-0.1, -0.05) is 66.7 Å². The zero-order valence-electron chi connectivity index (χ0n) is 21.1. The molecule has 39 heavy (non-hydrogen) atoms. The monoisotopic (exact) mass is 505 g/mol. The van der Waals surface area contributed by atoms with Crippen molar-refractivity contribution in [3.05, 3.63) is 151 Å². The Balaban J connectivity index is 1.25. The van der Waals surface area contributed by atoms with Crippen molar-refractivity contribution in [2.24, 2.45) is 0 Å². The predicted octanol–water partition coefficient (Wildman–Crippen LogP) is 8.64. The molecule has 0 saturated carbocycles. The van der Waals surface area contributed by atoms with Crippen molar-refractivity contribution in [3.8, 4) is 28.2 Å². The van der Waals surface area contributed by atoms with Crippen LogP contribution in [0.25, 0.3) is 50.0 Å². The fourth-order valence-corrected chi connectivity index (χ4v) is 5.35. The number of fused-ring (bicyclic) bond motifs is 3. The van der Waals surface area contributed by atoms with E-state index < -0.39 is 0 Å². The average molecular weight is 506 g/mol. The second-order valence-corrected chi connectivity index (χ2v) is 9.71. The maximum Gasteiger partial charge on any atom is 0.137 e. The van der Waals surface area contributed by atoms with Crippen LogP contribution in [0.1, 0.15) is 11.1 Å². The molecule has 0 aliphatic rings. The van der Waals surface area contributed by atoms with Gasteiger partial charge in [-0.05, 0) is 83.3 Å². The predicted molar refractivity (Wildman–Crippen MR) is 156 cm³/mol. The number of aromatic nitrogens is 3. The smallest absolute Gasteiger partial charge is 0.137 e. The van der Waals surface area contributed by atoms with E-state index in [1.54, 1.807) is 12.1 Å². The van der Waals surface area contributed by atoms with Crippen molar-refractivity contribution in [3.63, 3.8) is 0 Å². The van der Waals surface area contributed by atoms with Crippen LogP contribution < -0.4 is 0 Å². The summed E-state index contributed by atoms with van der Waals surface area (Å²) in [5, 5.41) is 2.44. The first-order chi connectivity index (χ1) is 19.2. The number of para-hydroxylation sites is 1. The Morgan fingerprint density at radius 3 is 2.23 bits per heavy atom. The van der Waals surface area contributed by atoms with E-state index in [1.165, 1.54) is 34.0 Å². The van der Waals surface area contributed by atoms with Gasteiger partial charge < -0.3 is 0 Å². The maximum absolute atomic E-state index is 13.4. The molecule has 0 radical (unpaired) electrons. The summed E-state index contributed by atoms with van der Waals surface area (Å²) in [7, 11) is 0. The van der Waals surface area contributed by atoms with Gasteiger partial charge in [-0.3, -0.25) is 9.55 Å². The number of hydrogen-bond donors (Lipinski definition) is 0. The summed E-state index contributed by atoms with van der Waals surface area (Å²) in [6, 6.07) is 40.3. The van der Waals surface area contributed by atoms with Gasteiger partial charge in [0.25, 0.3) is 0 Å². The first kappa shape index (κ1) is 23.1. The van der Waals surface area contributed by atoms with Gasteiger partial charge in [0.05, 0.1) is 16.7 Å². The maximum atomic E-state index is 13.4. The van der Waals surface area contributed by atoms with E-state index in [0.29, 0.717) is 0 Å². The van der Waals surface area contributed by atoms with Gasteiger partial charge in [-0.15, -0.1) is 0 Å². The molecule has 0 N–H and O–H groups in total. The molecule has 0 atom stereocenters. The Morgan fingerprint density at radius 1 is 0.538 bits per heavy atom. The molecule has 186 valence electrons. The van der Waals surface area contributed by atoms with Crippen molar-refractivity contribution in [1.82, 2.24) is 14.5 Å². The molecule has 7 rings (SSSR count). The van der Waals surface area contributed by atoms with E-state index in [1.807, 2.05) is 30.6 Å². The highest BCUT2D eigenvalue weighted by atomic mass is 19.1. The van der Waals surface area contributed by atoms with Crippen LogP contribution in [0.15, 0.2) is 134 Å². The number of benzene rings is 4. The van der Waals surface area contributed by atoms with Crippen LogP contribution in [0.3, 0.4) is 0 Å². The van der Waals surface area contributed by atoms with E-state index in [9.17, 15) is 4.39 Å². The summed E-state index contributed by atoms with van der Waals surface area (Å²) in [4.78, 5) is 9.28. The zero-order chi connectivity index (χ0) is 26.2. The summed E-state index contributed by atoms with van der Waals surface area (Å²) in [5.74, 6) is 0.675. The summed E-state index contributed by atoms with van der Waals surface area (Å²) in [5.41, 5.74) is 8.67. The quantitative estimate of drug-likeness (QED) is 0.234. The third kappa shape index (κ3) is 4.36. The van der Waals surface area contributed by atoms with Crippen molar-refractivity contribution in [1.29, 1.82) is 0 Å².